The van der Waals surface area contributed by atoms with Crippen LogP contribution < -0.4 is 10.9 Å². The van der Waals surface area contributed by atoms with Gasteiger partial charge in [-0.3, -0.25) is 9.59 Å². The van der Waals surface area contributed by atoms with Gasteiger partial charge in [-0.2, -0.15) is 0 Å². The van der Waals surface area contributed by atoms with Gasteiger partial charge in [0.05, 0.1) is 0 Å². The van der Waals surface area contributed by atoms with Gasteiger partial charge in [0.25, 0.3) is 11.5 Å². The Morgan fingerprint density at radius 2 is 1.48 bits per heavy atom. The second-order valence-electron chi connectivity index (χ2n) is 7.17. The highest BCUT2D eigenvalue weighted by atomic mass is 16.2. The van der Waals surface area contributed by atoms with E-state index in [9.17, 15) is 9.59 Å². The number of aryl methyl sites for hydroxylation is 1. The molecule has 1 aromatic heterocycles. The van der Waals surface area contributed by atoms with Crippen LogP contribution in [-0.4, -0.2) is 10.5 Å². The number of hydrogen-bond donors (Lipinski definition) is 1. The number of amides is 1. The van der Waals surface area contributed by atoms with E-state index in [-0.39, 0.29) is 11.5 Å². The molecule has 3 aromatic carbocycles. The fraction of sp³-hybridized carbons (Fsp3) is 0.120. The van der Waals surface area contributed by atoms with Gasteiger partial charge in [-0.15, -0.1) is 0 Å². The van der Waals surface area contributed by atoms with E-state index in [1.807, 2.05) is 79.7 Å². The second kappa shape index (κ2) is 7.76. The van der Waals surface area contributed by atoms with Crippen molar-refractivity contribution in [1.29, 1.82) is 0 Å². The van der Waals surface area contributed by atoms with Crippen molar-refractivity contribution < 1.29 is 4.79 Å². The first-order valence-electron chi connectivity index (χ1n) is 9.57. The topological polar surface area (TPSA) is 51.1 Å². The van der Waals surface area contributed by atoms with Crippen molar-refractivity contribution in [3.8, 4) is 11.1 Å². The molecular formula is C25H22N2O2. The predicted octanol–water partition coefficient (Wildman–Crippen LogP) is 4.44. The van der Waals surface area contributed by atoms with Crippen LogP contribution in [0.15, 0.2) is 83.7 Å². The monoisotopic (exact) mass is 382 g/mol. The van der Waals surface area contributed by atoms with E-state index in [1.54, 1.807) is 13.1 Å². The predicted molar refractivity (Wildman–Crippen MR) is 117 cm³/mol. The summed E-state index contributed by atoms with van der Waals surface area (Å²) in [6, 6.07) is 25.2. The van der Waals surface area contributed by atoms with Crippen molar-refractivity contribution >= 4 is 16.7 Å². The van der Waals surface area contributed by atoms with Gasteiger partial charge < -0.3 is 9.88 Å². The highest BCUT2D eigenvalue weighted by Crippen LogP contribution is 2.30. The summed E-state index contributed by atoms with van der Waals surface area (Å²) in [7, 11) is 1.65. The zero-order valence-electron chi connectivity index (χ0n) is 16.5. The average Bonchev–Trinajstić information content (AvgIpc) is 2.76. The molecule has 0 atom stereocenters. The van der Waals surface area contributed by atoms with Crippen LogP contribution in [0, 0.1) is 6.92 Å². The first-order valence-corrected chi connectivity index (χ1v) is 9.57. The van der Waals surface area contributed by atoms with Gasteiger partial charge in [0.2, 0.25) is 0 Å². The quantitative estimate of drug-likeness (QED) is 0.567. The summed E-state index contributed by atoms with van der Waals surface area (Å²) in [5, 5.41) is 4.36. The van der Waals surface area contributed by atoms with Crippen molar-refractivity contribution in [3.05, 3.63) is 106 Å². The third kappa shape index (κ3) is 3.57. The average molecular weight is 382 g/mol. The van der Waals surface area contributed by atoms with Crippen LogP contribution in [0.2, 0.25) is 0 Å². The molecule has 1 N–H and O–H groups in total. The molecule has 4 rings (SSSR count). The third-order valence-corrected chi connectivity index (χ3v) is 5.15. The molecule has 0 aliphatic carbocycles. The molecule has 0 spiro atoms. The van der Waals surface area contributed by atoms with Gasteiger partial charge in [-0.1, -0.05) is 78.4 Å². The Labute approximate surface area is 169 Å². The minimum Gasteiger partial charge on any atom is -0.347 e. The number of nitrogens with zero attached hydrogens (tertiary/aromatic N) is 1. The smallest absolute Gasteiger partial charge is 0.268 e. The molecule has 0 radical (unpaired) electrons. The van der Waals surface area contributed by atoms with Gasteiger partial charge in [0.1, 0.15) is 5.69 Å². The second-order valence-corrected chi connectivity index (χ2v) is 7.17. The Bertz CT molecular complexity index is 1240. The summed E-state index contributed by atoms with van der Waals surface area (Å²) in [5.74, 6) is -0.269. The Morgan fingerprint density at radius 3 is 2.17 bits per heavy atom. The Balaban J connectivity index is 1.84. The van der Waals surface area contributed by atoms with E-state index in [0.717, 1.165) is 22.1 Å². The highest BCUT2D eigenvalue weighted by Gasteiger charge is 2.21. The zero-order valence-corrected chi connectivity index (χ0v) is 16.5. The lowest BCUT2D eigenvalue weighted by molar-refractivity contribution is 0.0942. The van der Waals surface area contributed by atoms with Crippen LogP contribution in [0.3, 0.4) is 0 Å². The van der Waals surface area contributed by atoms with Crippen LogP contribution in [0.25, 0.3) is 21.9 Å². The van der Waals surface area contributed by atoms with Gasteiger partial charge in [-0.05, 0) is 29.5 Å². The van der Waals surface area contributed by atoms with Gasteiger partial charge in [0.15, 0.2) is 0 Å². The molecule has 0 aliphatic rings. The van der Waals surface area contributed by atoms with Crippen molar-refractivity contribution in [3.63, 3.8) is 0 Å². The molecule has 0 bridgehead atoms. The minimum absolute atomic E-state index is 0.180. The Morgan fingerprint density at radius 1 is 0.862 bits per heavy atom. The number of fused-ring (bicyclic) bond motifs is 1. The number of aromatic nitrogens is 1. The largest absolute Gasteiger partial charge is 0.347 e. The normalized spacial score (nSPS) is 10.8. The van der Waals surface area contributed by atoms with E-state index < -0.39 is 0 Å². The number of carbonyl (C=O) groups is 1. The maximum Gasteiger partial charge on any atom is 0.268 e. The standard InChI is InChI=1S/C25H22N2O2/c1-17-12-14-18(15-13-17)16-26-24(28)23-22(19-8-4-3-5-9-19)20-10-6-7-11-21(20)25(29)27(23)2/h3-15H,16H2,1-2H3,(H,26,28). The Kier molecular flexibility index (Phi) is 5.00. The Hall–Kier alpha value is -3.66. The van der Waals surface area contributed by atoms with Crippen LogP contribution in [0.4, 0.5) is 0 Å². The summed E-state index contributed by atoms with van der Waals surface area (Å²) in [6.45, 7) is 2.42. The molecule has 1 heterocycles. The van der Waals surface area contributed by atoms with Crippen LogP contribution in [-0.2, 0) is 13.6 Å². The van der Waals surface area contributed by atoms with Gasteiger partial charge >= 0.3 is 0 Å². The zero-order chi connectivity index (χ0) is 20.4. The van der Waals surface area contributed by atoms with Crippen LogP contribution in [0.1, 0.15) is 21.6 Å². The fourth-order valence-electron chi connectivity index (χ4n) is 3.60. The lowest BCUT2D eigenvalue weighted by Crippen LogP contribution is -2.31. The number of hydrogen-bond acceptors (Lipinski definition) is 2. The maximum atomic E-state index is 13.2. The number of carbonyl (C=O) groups excluding carboxylic acids is 1. The number of pyridine rings is 1. The lowest BCUT2D eigenvalue weighted by atomic mass is 9.96. The highest BCUT2D eigenvalue weighted by molar-refractivity contribution is 6.08. The van der Waals surface area contributed by atoms with Crippen LogP contribution >= 0.6 is 0 Å². The molecule has 4 nitrogen and oxygen atoms in total. The van der Waals surface area contributed by atoms with Crippen molar-refractivity contribution in [1.82, 2.24) is 9.88 Å². The van der Waals surface area contributed by atoms with E-state index in [0.29, 0.717) is 17.6 Å². The molecule has 0 saturated carbocycles. The number of rotatable bonds is 4. The van der Waals surface area contributed by atoms with E-state index in [1.165, 1.54) is 10.1 Å². The molecule has 144 valence electrons. The molecule has 0 aliphatic heterocycles. The fourth-order valence-corrected chi connectivity index (χ4v) is 3.60. The van der Waals surface area contributed by atoms with Crippen LogP contribution in [0.5, 0.6) is 0 Å². The van der Waals surface area contributed by atoms with E-state index >= 15 is 0 Å². The summed E-state index contributed by atoms with van der Waals surface area (Å²) < 4.78 is 1.45. The van der Waals surface area contributed by atoms with Crippen molar-refractivity contribution in [2.75, 3.05) is 0 Å². The van der Waals surface area contributed by atoms with Gasteiger partial charge in [-0.25, -0.2) is 0 Å². The number of benzene rings is 3. The molecule has 0 saturated heterocycles. The molecular weight excluding hydrogens is 360 g/mol. The third-order valence-electron chi connectivity index (χ3n) is 5.15. The summed E-state index contributed by atoms with van der Waals surface area (Å²) in [4.78, 5) is 26.2. The molecule has 29 heavy (non-hydrogen) atoms. The SMILES string of the molecule is Cc1ccc(CNC(=O)c2c(-c3ccccc3)c3ccccc3c(=O)n2C)cc1. The van der Waals surface area contributed by atoms with E-state index in [4.69, 9.17) is 0 Å². The van der Waals surface area contributed by atoms with Crippen molar-refractivity contribution in [2.45, 2.75) is 13.5 Å². The molecule has 4 aromatic rings. The summed E-state index contributed by atoms with van der Waals surface area (Å²) >= 11 is 0. The maximum absolute atomic E-state index is 13.2. The molecule has 0 unspecified atom stereocenters. The number of nitrogens with one attached hydrogen (secondary N) is 1. The molecule has 1 amide bonds. The van der Waals surface area contributed by atoms with Gasteiger partial charge in [0, 0.05) is 24.5 Å². The molecule has 4 heteroatoms. The first-order chi connectivity index (χ1) is 14.1. The summed E-state index contributed by atoms with van der Waals surface area (Å²) in [5.41, 5.74) is 4.04. The minimum atomic E-state index is -0.269. The van der Waals surface area contributed by atoms with Crippen molar-refractivity contribution in [2.24, 2.45) is 7.05 Å². The first kappa shape index (κ1) is 18.7. The molecule has 0 fully saturated rings. The van der Waals surface area contributed by atoms with E-state index in [2.05, 4.69) is 5.32 Å². The lowest BCUT2D eigenvalue weighted by Gasteiger charge is -2.17. The summed E-state index contributed by atoms with van der Waals surface area (Å²) in [6.07, 6.45) is 0.